The number of nitrogens with zero attached hydrogens (tertiary/aromatic N) is 1. The first-order valence-corrected chi connectivity index (χ1v) is 12.8. The zero-order valence-corrected chi connectivity index (χ0v) is 20.6. The fourth-order valence-electron chi connectivity index (χ4n) is 7.00. The smallest absolute Gasteiger partial charge is 0.233 e. The monoisotopic (exact) mass is 480 g/mol. The van der Waals surface area contributed by atoms with Gasteiger partial charge in [-0.15, -0.1) is 0 Å². The molecule has 1 N–H and O–H groups in total. The highest BCUT2D eigenvalue weighted by Gasteiger charge is 2.50. The molecule has 6 heteroatoms. The number of amides is 2. The molecule has 0 bridgehead atoms. The van der Waals surface area contributed by atoms with Gasteiger partial charge in [-0.2, -0.15) is 0 Å². The van der Waals surface area contributed by atoms with Gasteiger partial charge in [-0.3, -0.25) is 9.59 Å². The number of halogens is 2. The van der Waals surface area contributed by atoms with Gasteiger partial charge >= 0.3 is 0 Å². The Hall–Kier alpha value is -2.76. The van der Waals surface area contributed by atoms with Crippen LogP contribution in [0.25, 0.3) is 0 Å². The summed E-state index contributed by atoms with van der Waals surface area (Å²) in [5, 5.41) is 2.88. The number of aryl methyl sites for hydroxylation is 2. The summed E-state index contributed by atoms with van der Waals surface area (Å²) in [6.07, 6.45) is 5.39. The van der Waals surface area contributed by atoms with Crippen LogP contribution in [-0.2, 0) is 15.0 Å². The van der Waals surface area contributed by atoms with E-state index >= 15 is 0 Å². The average molecular weight is 481 g/mol. The summed E-state index contributed by atoms with van der Waals surface area (Å²) in [6, 6.07) is 10.2. The van der Waals surface area contributed by atoms with Crippen molar-refractivity contribution in [2.45, 2.75) is 70.1 Å². The molecule has 3 aliphatic rings. The highest BCUT2D eigenvalue weighted by molar-refractivity contribution is 5.89. The van der Waals surface area contributed by atoms with Gasteiger partial charge in [0.05, 0.1) is 5.41 Å². The lowest BCUT2D eigenvalue weighted by molar-refractivity contribution is -0.141. The van der Waals surface area contributed by atoms with E-state index in [1.54, 1.807) is 0 Å². The standard InChI is InChI=1S/C29H34F2N2O2/c1-19-13-20(2)15-21(14-19)29(7-3-4-8-29)27(35)33-11-9-28(10-12-33)17-26(34)32-18-24(28)23-6-5-22(30)16-25(23)31/h5-6,13-16,24H,3-4,7-12,17-18H2,1-2H3,(H,32,34)/t24-/m0/s1. The summed E-state index contributed by atoms with van der Waals surface area (Å²) in [5.41, 5.74) is 3.02. The molecular formula is C29H34F2N2O2. The third kappa shape index (κ3) is 4.25. The summed E-state index contributed by atoms with van der Waals surface area (Å²) in [5.74, 6) is -1.25. The van der Waals surface area contributed by atoms with Gasteiger partial charge in [0.2, 0.25) is 11.8 Å². The molecule has 2 amide bonds. The number of hydrogen-bond donors (Lipinski definition) is 1. The van der Waals surface area contributed by atoms with Crippen LogP contribution < -0.4 is 5.32 Å². The van der Waals surface area contributed by atoms with Gasteiger partial charge in [-0.1, -0.05) is 48.2 Å². The normalized spacial score (nSPS) is 23.4. The molecule has 35 heavy (non-hydrogen) atoms. The third-order valence-electron chi connectivity index (χ3n) is 8.78. The van der Waals surface area contributed by atoms with Crippen molar-refractivity contribution in [2.24, 2.45) is 5.41 Å². The predicted octanol–water partition coefficient (Wildman–Crippen LogP) is 5.31. The van der Waals surface area contributed by atoms with E-state index < -0.39 is 22.5 Å². The highest BCUT2D eigenvalue weighted by Crippen LogP contribution is 2.51. The van der Waals surface area contributed by atoms with E-state index in [0.717, 1.165) is 37.3 Å². The van der Waals surface area contributed by atoms with Crippen molar-refractivity contribution in [3.8, 4) is 0 Å². The van der Waals surface area contributed by atoms with E-state index in [9.17, 15) is 18.4 Å². The predicted molar refractivity (Wildman–Crippen MR) is 131 cm³/mol. The van der Waals surface area contributed by atoms with Gasteiger partial charge in [-0.25, -0.2) is 8.78 Å². The molecule has 2 aliphatic heterocycles. The quantitative estimate of drug-likeness (QED) is 0.648. The molecule has 186 valence electrons. The number of piperidine rings is 2. The minimum absolute atomic E-state index is 0.0361. The van der Waals surface area contributed by atoms with Crippen LogP contribution in [0.2, 0.25) is 0 Å². The molecule has 2 aromatic carbocycles. The van der Waals surface area contributed by atoms with Crippen LogP contribution in [0.3, 0.4) is 0 Å². The van der Waals surface area contributed by atoms with Gasteiger partial charge in [0.25, 0.3) is 0 Å². The van der Waals surface area contributed by atoms with Gasteiger partial charge in [0.1, 0.15) is 11.6 Å². The summed E-state index contributed by atoms with van der Waals surface area (Å²) in [4.78, 5) is 28.5. The largest absolute Gasteiger partial charge is 0.355 e. The molecule has 2 aromatic rings. The molecule has 2 heterocycles. The highest BCUT2D eigenvalue weighted by atomic mass is 19.1. The Morgan fingerprint density at radius 2 is 1.63 bits per heavy atom. The van der Waals surface area contributed by atoms with Crippen molar-refractivity contribution < 1.29 is 18.4 Å². The van der Waals surface area contributed by atoms with Crippen molar-refractivity contribution in [1.82, 2.24) is 10.2 Å². The van der Waals surface area contributed by atoms with Gasteiger partial charge in [0.15, 0.2) is 0 Å². The summed E-state index contributed by atoms with van der Waals surface area (Å²) in [7, 11) is 0. The Morgan fingerprint density at radius 3 is 2.26 bits per heavy atom. The molecule has 0 aromatic heterocycles. The molecule has 1 atom stereocenters. The Balaban J connectivity index is 1.40. The Bertz CT molecular complexity index is 1130. The molecule has 4 nitrogen and oxygen atoms in total. The minimum atomic E-state index is -0.603. The fraction of sp³-hybridized carbons (Fsp3) is 0.517. The number of carbonyl (C=O) groups is 2. The summed E-state index contributed by atoms with van der Waals surface area (Å²) < 4.78 is 28.3. The van der Waals surface area contributed by atoms with Gasteiger partial charge in [0, 0.05) is 38.0 Å². The second-order valence-electron chi connectivity index (χ2n) is 11.0. The van der Waals surface area contributed by atoms with E-state index in [1.807, 2.05) is 4.90 Å². The number of benzene rings is 2. The minimum Gasteiger partial charge on any atom is -0.355 e. The average Bonchev–Trinajstić information content (AvgIpc) is 3.31. The lowest BCUT2D eigenvalue weighted by Crippen LogP contribution is -2.55. The molecule has 1 aliphatic carbocycles. The summed E-state index contributed by atoms with van der Waals surface area (Å²) >= 11 is 0. The Kier molecular flexibility index (Phi) is 6.18. The number of nitrogens with one attached hydrogen (secondary N) is 1. The van der Waals surface area contributed by atoms with E-state index in [-0.39, 0.29) is 17.7 Å². The molecule has 1 saturated carbocycles. The first kappa shape index (κ1) is 24.0. The van der Waals surface area contributed by atoms with Crippen LogP contribution in [0.1, 0.15) is 73.1 Å². The maximum atomic E-state index is 14.8. The topological polar surface area (TPSA) is 49.4 Å². The van der Waals surface area contributed by atoms with Crippen LogP contribution in [0.4, 0.5) is 8.78 Å². The van der Waals surface area contributed by atoms with Crippen molar-refractivity contribution in [2.75, 3.05) is 19.6 Å². The third-order valence-corrected chi connectivity index (χ3v) is 8.78. The molecule has 0 unspecified atom stereocenters. The molecule has 5 rings (SSSR count). The first-order valence-electron chi connectivity index (χ1n) is 12.8. The lowest BCUT2D eigenvalue weighted by Gasteiger charge is -2.50. The molecule has 1 spiro atoms. The fourth-order valence-corrected chi connectivity index (χ4v) is 7.00. The lowest BCUT2D eigenvalue weighted by atomic mass is 9.62. The van der Waals surface area contributed by atoms with Gasteiger partial charge < -0.3 is 10.2 Å². The molecule has 0 radical (unpaired) electrons. The van der Waals surface area contributed by atoms with Crippen LogP contribution in [-0.4, -0.2) is 36.3 Å². The zero-order chi connectivity index (χ0) is 24.8. The maximum Gasteiger partial charge on any atom is 0.233 e. The number of carbonyl (C=O) groups excluding carboxylic acids is 2. The molecular weight excluding hydrogens is 446 g/mol. The molecule has 2 saturated heterocycles. The number of rotatable bonds is 3. The number of likely N-dealkylation sites (tertiary alicyclic amines) is 1. The number of hydrogen-bond acceptors (Lipinski definition) is 2. The van der Waals surface area contributed by atoms with Crippen LogP contribution in [0.15, 0.2) is 36.4 Å². The summed E-state index contributed by atoms with van der Waals surface area (Å²) in [6.45, 7) is 5.60. The SMILES string of the molecule is Cc1cc(C)cc(C2(C(=O)N3CCC4(CC3)CC(=O)NC[C@H]4c3ccc(F)cc3F)CCCC2)c1. The van der Waals surface area contributed by atoms with Crippen molar-refractivity contribution in [3.05, 3.63) is 70.3 Å². The van der Waals surface area contributed by atoms with Crippen LogP contribution >= 0.6 is 0 Å². The van der Waals surface area contributed by atoms with Gasteiger partial charge in [-0.05, 0) is 62.1 Å². The van der Waals surface area contributed by atoms with Crippen molar-refractivity contribution >= 4 is 11.8 Å². The van der Waals surface area contributed by atoms with E-state index in [2.05, 4.69) is 37.4 Å². The van der Waals surface area contributed by atoms with Crippen LogP contribution in [0, 0.1) is 30.9 Å². The van der Waals surface area contributed by atoms with E-state index in [0.29, 0.717) is 44.5 Å². The second kappa shape index (κ2) is 9.03. The van der Waals surface area contributed by atoms with Crippen molar-refractivity contribution in [1.29, 1.82) is 0 Å². The van der Waals surface area contributed by atoms with Crippen LogP contribution in [0.5, 0.6) is 0 Å². The Morgan fingerprint density at radius 1 is 0.971 bits per heavy atom. The maximum absolute atomic E-state index is 14.8. The zero-order valence-electron chi connectivity index (χ0n) is 20.6. The van der Waals surface area contributed by atoms with Crippen molar-refractivity contribution in [3.63, 3.8) is 0 Å². The molecule has 3 fully saturated rings. The Labute approximate surface area is 206 Å². The van der Waals surface area contributed by atoms with E-state index in [1.165, 1.54) is 23.3 Å². The van der Waals surface area contributed by atoms with E-state index in [4.69, 9.17) is 0 Å². The first-order chi connectivity index (χ1) is 16.7. The second-order valence-corrected chi connectivity index (χ2v) is 11.0.